The SMILES string of the molecule is CCOC(=O)c1c(N2CCN(C(=O)c3ccc(OC)cc3)CC2)c2ccccc2n(C)c1=O.CCOC(=O)c1c(N2CCN(C(=O)c3ccco3)CC2)c2cc(C)ccc2n(Cc2ccc(F)cc2)c1=O.CCOC(=O)c1c(N2CCN(C(=O)c3cccs3)CC2)c2cc(C)ccc2n(C)c1=O. The molecule has 0 unspecified atom stereocenters. The van der Waals surface area contributed by atoms with E-state index in [4.69, 9.17) is 23.4 Å². The van der Waals surface area contributed by atoms with Crippen molar-refractivity contribution in [3.8, 4) is 5.75 Å². The molecular weight excluding hydrogens is 1330 g/mol. The van der Waals surface area contributed by atoms with Crippen LogP contribution in [0.2, 0.25) is 0 Å². The summed E-state index contributed by atoms with van der Waals surface area (Å²) in [5.74, 6) is -1.58. The van der Waals surface area contributed by atoms with Crippen LogP contribution in [-0.2, 0) is 34.9 Å². The monoisotopic (exact) mass is 1410 g/mol. The molecular formula is C77H80FN9O14S. The lowest BCUT2D eigenvalue weighted by molar-refractivity contribution is 0.0514. The molecule has 0 radical (unpaired) electrons. The zero-order chi connectivity index (χ0) is 72.5. The number of carbonyl (C=O) groups is 6. The third-order valence-electron chi connectivity index (χ3n) is 18.3. The minimum Gasteiger partial charge on any atom is -0.497 e. The van der Waals surface area contributed by atoms with Crippen LogP contribution in [0.1, 0.15) is 99.1 Å². The maximum Gasteiger partial charge on any atom is 0.345 e. The Hall–Kier alpha value is -11.3. The fourth-order valence-corrected chi connectivity index (χ4v) is 13.9. The predicted molar refractivity (Wildman–Crippen MR) is 390 cm³/mol. The molecule has 0 bridgehead atoms. The first-order valence-electron chi connectivity index (χ1n) is 33.8. The van der Waals surface area contributed by atoms with Gasteiger partial charge < -0.3 is 66.5 Å². The first kappa shape index (κ1) is 71.9. The number of aryl methyl sites for hydroxylation is 4. The molecule has 3 saturated heterocycles. The number of thiophene rings is 1. The molecule has 102 heavy (non-hydrogen) atoms. The molecule has 3 aliphatic rings. The normalized spacial score (nSPS) is 13.9. The van der Waals surface area contributed by atoms with Crippen molar-refractivity contribution in [3.05, 3.63) is 232 Å². The van der Waals surface area contributed by atoms with E-state index in [9.17, 15) is 47.5 Å². The van der Waals surface area contributed by atoms with Crippen molar-refractivity contribution >= 4 is 96.7 Å². The summed E-state index contributed by atoms with van der Waals surface area (Å²) < 4.78 is 44.3. The zero-order valence-electron chi connectivity index (χ0n) is 58.2. The van der Waals surface area contributed by atoms with Gasteiger partial charge >= 0.3 is 17.9 Å². The van der Waals surface area contributed by atoms with E-state index in [0.717, 1.165) is 48.8 Å². The number of furan rings is 1. The lowest BCUT2D eigenvalue weighted by atomic mass is 10.0. The predicted octanol–water partition coefficient (Wildman–Crippen LogP) is 9.96. The van der Waals surface area contributed by atoms with Gasteiger partial charge in [0.25, 0.3) is 34.4 Å². The molecule has 3 fully saturated rings. The minimum atomic E-state index is -0.696. The quantitative estimate of drug-likeness (QED) is 0.0685. The van der Waals surface area contributed by atoms with E-state index in [0.29, 0.717) is 112 Å². The summed E-state index contributed by atoms with van der Waals surface area (Å²) in [6, 6.07) is 39.1. The first-order chi connectivity index (χ1) is 49.2. The molecule has 3 amide bonds. The second-order valence-corrected chi connectivity index (χ2v) is 25.6. The number of amides is 3. The van der Waals surface area contributed by atoms with E-state index >= 15 is 0 Å². The van der Waals surface area contributed by atoms with E-state index in [1.54, 1.807) is 100 Å². The van der Waals surface area contributed by atoms with Gasteiger partial charge in [0, 0.05) is 114 Å². The summed E-state index contributed by atoms with van der Waals surface area (Å²) in [6.45, 7) is 15.4. The van der Waals surface area contributed by atoms with Crippen molar-refractivity contribution in [2.45, 2.75) is 41.2 Å². The second-order valence-electron chi connectivity index (χ2n) is 24.7. The van der Waals surface area contributed by atoms with Crippen LogP contribution < -0.4 is 36.1 Å². The minimum absolute atomic E-state index is 0.0185. The van der Waals surface area contributed by atoms with Crippen LogP contribution in [0.15, 0.2) is 164 Å². The molecule has 0 spiro atoms. The van der Waals surface area contributed by atoms with Crippen LogP contribution >= 0.6 is 11.3 Å². The Morgan fingerprint density at radius 2 is 0.941 bits per heavy atom. The molecule has 0 atom stereocenters. The number of hydrogen-bond donors (Lipinski definition) is 0. The number of nitrogens with zero attached hydrogens (tertiary/aromatic N) is 9. The van der Waals surface area contributed by atoms with Gasteiger partial charge in [-0.2, -0.15) is 0 Å². The summed E-state index contributed by atoms with van der Waals surface area (Å²) in [4.78, 5) is 130. The summed E-state index contributed by atoms with van der Waals surface area (Å²) in [5.41, 5.74) is 5.96. The number of pyridine rings is 3. The van der Waals surface area contributed by atoms with E-state index in [-0.39, 0.29) is 83.5 Å². The van der Waals surface area contributed by atoms with Gasteiger partial charge in [-0.25, -0.2) is 18.8 Å². The standard InChI is InChI=1S/C29H28FN3O5.C25H27N3O5.C23H25N3O4S/c1-3-37-29(36)25-26(31-12-14-32(15-13-31)27(34)24-5-4-16-38-24)22-17-19(2)6-11-23(22)33(28(25)35)18-20-7-9-21(30)10-8-20;1-4-33-25(31)21-22(19-7-5-6-8-20(19)26(2)24(21)30)27-13-15-28(16-14-27)23(29)17-9-11-18(32-3)12-10-17;1-4-30-23(29)19-20(16-14-15(2)7-8-17(16)24(3)22(19)28)25-9-11-26(12-10-25)21(27)18-6-5-13-31-18/h4-11,16-17H,3,12-15,18H2,1-2H3;5-12H,4,13-16H2,1-3H3;5-8,13-14H,4,9-12H2,1-3H3. The molecule has 5 aromatic carbocycles. The number of benzene rings is 5. The number of carbonyl (C=O) groups excluding carboxylic acids is 6. The summed E-state index contributed by atoms with van der Waals surface area (Å²) in [5, 5.41) is 4.27. The summed E-state index contributed by atoms with van der Waals surface area (Å²) >= 11 is 1.43. The van der Waals surface area contributed by atoms with Gasteiger partial charge in [0.05, 0.1) is 78.2 Å². The van der Waals surface area contributed by atoms with Gasteiger partial charge in [-0.05, 0) is 130 Å². The molecule has 13 rings (SSSR count). The number of ether oxygens (including phenoxy) is 4. The van der Waals surface area contributed by atoms with Gasteiger partial charge in [-0.1, -0.05) is 59.7 Å². The number of fused-ring (bicyclic) bond motifs is 3. The van der Waals surface area contributed by atoms with Gasteiger partial charge in [-0.3, -0.25) is 28.8 Å². The number of para-hydroxylation sites is 1. The zero-order valence-corrected chi connectivity index (χ0v) is 59.0. The third-order valence-corrected chi connectivity index (χ3v) is 19.2. The number of esters is 3. The number of aromatic nitrogens is 3. The largest absolute Gasteiger partial charge is 0.497 e. The van der Waals surface area contributed by atoms with Crippen molar-refractivity contribution in [2.24, 2.45) is 14.1 Å². The van der Waals surface area contributed by atoms with Crippen molar-refractivity contribution in [2.75, 3.05) is 120 Å². The third kappa shape index (κ3) is 15.1. The van der Waals surface area contributed by atoms with Crippen molar-refractivity contribution in [1.82, 2.24) is 28.4 Å². The highest BCUT2D eigenvalue weighted by atomic mass is 32.1. The Morgan fingerprint density at radius 1 is 0.480 bits per heavy atom. The van der Waals surface area contributed by atoms with Crippen LogP contribution in [-0.4, -0.2) is 169 Å². The van der Waals surface area contributed by atoms with Crippen LogP contribution in [0.25, 0.3) is 32.7 Å². The molecule has 530 valence electrons. The van der Waals surface area contributed by atoms with E-state index in [2.05, 4.69) is 0 Å². The maximum absolute atomic E-state index is 13.9. The molecule has 8 heterocycles. The van der Waals surface area contributed by atoms with E-state index in [1.165, 1.54) is 43.4 Å². The summed E-state index contributed by atoms with van der Waals surface area (Å²) in [6.07, 6.45) is 1.46. The van der Waals surface area contributed by atoms with Crippen molar-refractivity contribution in [3.63, 3.8) is 0 Å². The molecule has 0 saturated carbocycles. The highest BCUT2D eigenvalue weighted by Gasteiger charge is 2.35. The molecule has 0 aliphatic carbocycles. The van der Waals surface area contributed by atoms with E-state index < -0.39 is 23.5 Å². The highest BCUT2D eigenvalue weighted by Crippen LogP contribution is 2.35. The number of halogens is 1. The number of rotatable bonds is 15. The number of hydrogen-bond acceptors (Lipinski definition) is 18. The van der Waals surface area contributed by atoms with Gasteiger partial charge in [0.2, 0.25) is 0 Å². The van der Waals surface area contributed by atoms with Gasteiger partial charge in [0.15, 0.2) is 5.76 Å². The smallest absolute Gasteiger partial charge is 0.345 e. The number of methoxy groups -OCH3 is 1. The van der Waals surface area contributed by atoms with Gasteiger partial charge in [-0.15, -0.1) is 11.3 Å². The topological polar surface area (TPSA) is 238 Å². The molecule has 25 heteroatoms. The Labute approximate surface area is 591 Å². The maximum atomic E-state index is 13.9. The molecule has 10 aromatic rings. The fraction of sp³-hybridized carbons (Fsp3) is 0.312. The van der Waals surface area contributed by atoms with E-state index in [1.807, 2.05) is 112 Å². The van der Waals surface area contributed by atoms with Crippen molar-refractivity contribution in [1.29, 1.82) is 0 Å². The molecule has 3 aliphatic heterocycles. The Bertz CT molecular complexity index is 4950. The first-order valence-corrected chi connectivity index (χ1v) is 34.6. The average Bonchev–Trinajstić information content (AvgIpc) is 0.822. The van der Waals surface area contributed by atoms with Crippen LogP contribution in [0, 0.1) is 19.7 Å². The molecule has 23 nitrogen and oxygen atoms in total. The average molecular weight is 1410 g/mol. The van der Waals surface area contributed by atoms with Crippen LogP contribution in [0.5, 0.6) is 5.75 Å². The molecule has 5 aromatic heterocycles. The number of piperazine rings is 3. The van der Waals surface area contributed by atoms with Crippen LogP contribution in [0.3, 0.4) is 0 Å². The second kappa shape index (κ2) is 31.9. The Kier molecular flexibility index (Phi) is 22.5. The molecule has 0 N–H and O–H groups in total. The highest BCUT2D eigenvalue weighted by molar-refractivity contribution is 7.12. The fourth-order valence-electron chi connectivity index (χ4n) is 13.2. The summed E-state index contributed by atoms with van der Waals surface area (Å²) in [7, 11) is 4.91. The van der Waals surface area contributed by atoms with Crippen molar-refractivity contribution < 1.29 is 56.5 Å². The van der Waals surface area contributed by atoms with Gasteiger partial charge in [0.1, 0.15) is 28.3 Å². The Balaban J connectivity index is 0.000000155. The lowest BCUT2D eigenvalue weighted by Crippen LogP contribution is -2.49. The lowest BCUT2D eigenvalue weighted by Gasteiger charge is -2.37. The Morgan fingerprint density at radius 3 is 1.42 bits per heavy atom. The van der Waals surface area contributed by atoms with Crippen LogP contribution in [0.4, 0.5) is 21.5 Å². The number of anilines is 3.